The highest BCUT2D eigenvalue weighted by atomic mass is 35.5. The van der Waals surface area contributed by atoms with Crippen molar-refractivity contribution in [3.8, 4) is 0 Å². The quantitative estimate of drug-likeness (QED) is 0.738. The molecule has 2 aromatic rings. The number of amides is 2. The van der Waals surface area contributed by atoms with E-state index in [4.69, 9.17) is 0 Å². The van der Waals surface area contributed by atoms with Crippen LogP contribution >= 0.6 is 12.4 Å². The zero-order valence-corrected chi connectivity index (χ0v) is 16.2. The van der Waals surface area contributed by atoms with E-state index in [0.717, 1.165) is 24.9 Å². The molecule has 0 spiro atoms. The number of hydrogen-bond acceptors (Lipinski definition) is 3. The molecule has 3 atom stereocenters. The molecule has 1 fully saturated rings. The van der Waals surface area contributed by atoms with Gasteiger partial charge in [0.25, 0.3) is 5.91 Å². The first kappa shape index (κ1) is 20.9. The molecule has 5 nitrogen and oxygen atoms in total. The van der Waals surface area contributed by atoms with E-state index >= 15 is 0 Å². The Hall–Kier alpha value is -2.37. The van der Waals surface area contributed by atoms with Gasteiger partial charge in [0.15, 0.2) is 0 Å². The Morgan fingerprint density at radius 3 is 2.30 bits per heavy atom. The van der Waals surface area contributed by atoms with Crippen molar-refractivity contribution in [1.82, 2.24) is 16.0 Å². The van der Waals surface area contributed by atoms with Crippen molar-refractivity contribution in [3.05, 3.63) is 71.8 Å². The van der Waals surface area contributed by atoms with Crippen molar-refractivity contribution in [3.63, 3.8) is 0 Å². The molecule has 0 bridgehead atoms. The summed E-state index contributed by atoms with van der Waals surface area (Å²) in [5.74, 6) is -0.439. The lowest BCUT2D eigenvalue weighted by Crippen LogP contribution is -2.54. The zero-order chi connectivity index (χ0) is 18.4. The number of benzene rings is 2. The fraction of sp³-hybridized carbons (Fsp3) is 0.333. The Morgan fingerprint density at radius 2 is 1.67 bits per heavy atom. The van der Waals surface area contributed by atoms with Crippen LogP contribution in [-0.4, -0.2) is 30.4 Å². The lowest BCUT2D eigenvalue weighted by atomic mass is 9.98. The third kappa shape index (κ3) is 5.55. The average molecular weight is 388 g/mol. The second-order valence-electron chi connectivity index (χ2n) is 6.68. The van der Waals surface area contributed by atoms with E-state index in [0.29, 0.717) is 5.56 Å². The minimum Gasteiger partial charge on any atom is -0.350 e. The predicted molar refractivity (Wildman–Crippen MR) is 109 cm³/mol. The number of halogens is 1. The third-order valence-corrected chi connectivity index (χ3v) is 4.80. The molecule has 27 heavy (non-hydrogen) atoms. The standard InChI is InChI=1S/C21H25N3O2.ClH/c1-15-18(13-8-14-22-15)23-21(26)19(16-9-4-2-5-10-16)24-20(25)17-11-6-3-7-12-17;/h2-7,9-12,15,18-19,22H,8,13-14H2,1H3,(H,23,26)(H,24,25);1H. The molecule has 1 aliphatic rings. The van der Waals surface area contributed by atoms with Gasteiger partial charge in [-0.25, -0.2) is 0 Å². The second kappa shape index (κ2) is 10.1. The lowest BCUT2D eigenvalue weighted by molar-refractivity contribution is -0.124. The second-order valence-corrected chi connectivity index (χ2v) is 6.68. The van der Waals surface area contributed by atoms with Crippen LogP contribution in [0.15, 0.2) is 60.7 Å². The van der Waals surface area contributed by atoms with Crippen LogP contribution in [0.3, 0.4) is 0 Å². The third-order valence-electron chi connectivity index (χ3n) is 4.80. The summed E-state index contributed by atoms with van der Waals surface area (Å²) in [6.45, 7) is 3.05. The van der Waals surface area contributed by atoms with Crippen LogP contribution in [0.5, 0.6) is 0 Å². The number of carbonyl (C=O) groups is 2. The predicted octanol–water partition coefficient (Wildman–Crippen LogP) is 2.84. The van der Waals surface area contributed by atoms with Gasteiger partial charge in [0.1, 0.15) is 6.04 Å². The van der Waals surface area contributed by atoms with E-state index in [9.17, 15) is 9.59 Å². The molecule has 1 saturated heterocycles. The molecule has 0 aliphatic carbocycles. The summed E-state index contributed by atoms with van der Waals surface area (Å²) in [7, 11) is 0. The van der Waals surface area contributed by atoms with Gasteiger partial charge in [-0.05, 0) is 44.0 Å². The van der Waals surface area contributed by atoms with Crippen LogP contribution in [0.1, 0.15) is 41.7 Å². The van der Waals surface area contributed by atoms with Crippen LogP contribution in [0.2, 0.25) is 0 Å². The highest BCUT2D eigenvalue weighted by Crippen LogP contribution is 2.16. The molecule has 6 heteroatoms. The summed E-state index contributed by atoms with van der Waals surface area (Å²) in [5, 5.41) is 9.37. The topological polar surface area (TPSA) is 70.2 Å². The van der Waals surface area contributed by atoms with Gasteiger partial charge in [0.05, 0.1) is 0 Å². The lowest BCUT2D eigenvalue weighted by Gasteiger charge is -2.32. The average Bonchev–Trinajstić information content (AvgIpc) is 2.69. The van der Waals surface area contributed by atoms with Crippen molar-refractivity contribution >= 4 is 24.2 Å². The molecule has 1 heterocycles. The van der Waals surface area contributed by atoms with E-state index in [1.807, 2.05) is 48.5 Å². The molecule has 0 radical (unpaired) electrons. The van der Waals surface area contributed by atoms with Crippen molar-refractivity contribution in [2.75, 3.05) is 6.54 Å². The molecular weight excluding hydrogens is 362 g/mol. The number of nitrogens with one attached hydrogen (secondary N) is 3. The SMILES string of the molecule is CC1NCCCC1NC(=O)C(NC(=O)c1ccccc1)c1ccccc1.Cl. The Bertz CT molecular complexity index is 740. The molecule has 3 rings (SSSR count). The van der Waals surface area contributed by atoms with Crippen molar-refractivity contribution < 1.29 is 9.59 Å². The summed E-state index contributed by atoms with van der Waals surface area (Å²) in [6.07, 6.45) is 1.97. The van der Waals surface area contributed by atoms with Gasteiger partial charge < -0.3 is 16.0 Å². The largest absolute Gasteiger partial charge is 0.350 e. The molecule has 0 saturated carbocycles. The van der Waals surface area contributed by atoms with Gasteiger partial charge in [-0.2, -0.15) is 0 Å². The number of piperidine rings is 1. The first-order valence-corrected chi connectivity index (χ1v) is 9.10. The summed E-state index contributed by atoms with van der Waals surface area (Å²) in [4.78, 5) is 25.6. The van der Waals surface area contributed by atoms with Crippen molar-refractivity contribution in [2.24, 2.45) is 0 Å². The Balaban J connectivity index is 0.00000261. The van der Waals surface area contributed by atoms with Crippen LogP contribution < -0.4 is 16.0 Å². The van der Waals surface area contributed by atoms with E-state index in [2.05, 4.69) is 22.9 Å². The first-order chi connectivity index (χ1) is 12.6. The van der Waals surface area contributed by atoms with E-state index in [1.165, 1.54) is 0 Å². The van der Waals surface area contributed by atoms with Crippen LogP contribution in [0.4, 0.5) is 0 Å². The zero-order valence-electron chi connectivity index (χ0n) is 15.4. The molecule has 144 valence electrons. The maximum Gasteiger partial charge on any atom is 0.252 e. The smallest absolute Gasteiger partial charge is 0.252 e. The molecule has 2 aromatic carbocycles. The fourth-order valence-corrected chi connectivity index (χ4v) is 3.26. The normalized spacial score (nSPS) is 20.0. The number of hydrogen-bond donors (Lipinski definition) is 3. The minimum atomic E-state index is -0.724. The number of rotatable bonds is 5. The summed E-state index contributed by atoms with van der Waals surface area (Å²) < 4.78 is 0. The van der Waals surface area contributed by atoms with Gasteiger partial charge in [0, 0.05) is 17.6 Å². The monoisotopic (exact) mass is 387 g/mol. The number of carbonyl (C=O) groups excluding carboxylic acids is 2. The van der Waals surface area contributed by atoms with Gasteiger partial charge in [-0.15, -0.1) is 12.4 Å². The highest BCUT2D eigenvalue weighted by molar-refractivity contribution is 5.97. The van der Waals surface area contributed by atoms with E-state index < -0.39 is 6.04 Å². The maximum absolute atomic E-state index is 13.0. The molecule has 1 aliphatic heterocycles. The summed E-state index contributed by atoms with van der Waals surface area (Å²) in [5.41, 5.74) is 1.31. The Morgan fingerprint density at radius 1 is 1.04 bits per heavy atom. The summed E-state index contributed by atoms with van der Waals surface area (Å²) >= 11 is 0. The Labute approximate surface area is 166 Å². The van der Waals surface area contributed by atoms with Crippen LogP contribution in [0, 0.1) is 0 Å². The molecular formula is C21H26ClN3O2. The van der Waals surface area contributed by atoms with E-state index in [1.54, 1.807) is 12.1 Å². The molecule has 0 aromatic heterocycles. The van der Waals surface area contributed by atoms with Crippen molar-refractivity contribution in [1.29, 1.82) is 0 Å². The maximum atomic E-state index is 13.0. The Kier molecular flexibility index (Phi) is 7.82. The van der Waals surface area contributed by atoms with Gasteiger partial charge >= 0.3 is 0 Å². The van der Waals surface area contributed by atoms with Gasteiger partial charge in [0.2, 0.25) is 5.91 Å². The molecule has 2 amide bonds. The van der Waals surface area contributed by atoms with Gasteiger partial charge in [-0.1, -0.05) is 48.5 Å². The molecule has 3 N–H and O–H groups in total. The highest BCUT2D eigenvalue weighted by Gasteiger charge is 2.28. The minimum absolute atomic E-state index is 0. The van der Waals surface area contributed by atoms with Crippen LogP contribution in [-0.2, 0) is 4.79 Å². The molecule has 3 unspecified atom stereocenters. The first-order valence-electron chi connectivity index (χ1n) is 9.10. The van der Waals surface area contributed by atoms with Gasteiger partial charge in [-0.3, -0.25) is 9.59 Å². The van der Waals surface area contributed by atoms with Crippen molar-refractivity contribution in [2.45, 2.75) is 37.9 Å². The summed E-state index contributed by atoms with van der Waals surface area (Å²) in [6, 6.07) is 17.9. The fourth-order valence-electron chi connectivity index (χ4n) is 3.26. The van der Waals surface area contributed by atoms with E-state index in [-0.39, 0.29) is 36.3 Å². The van der Waals surface area contributed by atoms with Crippen LogP contribution in [0.25, 0.3) is 0 Å².